The van der Waals surface area contributed by atoms with Crippen molar-refractivity contribution in [1.29, 1.82) is 0 Å². The van der Waals surface area contributed by atoms with Crippen LogP contribution in [0.25, 0.3) is 0 Å². The van der Waals surface area contributed by atoms with Crippen LogP contribution in [0.2, 0.25) is 0 Å². The van der Waals surface area contributed by atoms with Crippen molar-refractivity contribution in [3.05, 3.63) is 95.6 Å². The summed E-state index contributed by atoms with van der Waals surface area (Å²) in [5.41, 5.74) is 0.628. The minimum atomic E-state index is -3.94. The lowest BCUT2D eigenvalue weighted by atomic mass is 9.80. The summed E-state index contributed by atoms with van der Waals surface area (Å²) >= 11 is 0. The van der Waals surface area contributed by atoms with Crippen molar-refractivity contribution in [2.45, 2.75) is 12.5 Å². The highest BCUT2D eigenvalue weighted by molar-refractivity contribution is 7.52. The molecule has 0 amide bonds. The summed E-state index contributed by atoms with van der Waals surface area (Å²) in [6, 6.07) is 24.2. The SMILES string of the molecule is CCP(=O)(O)OC(c1ccccc1)(c1ccccc1)c1cccc(OC)c1OC. The summed E-state index contributed by atoms with van der Waals surface area (Å²) in [6.45, 7) is 1.63. The van der Waals surface area contributed by atoms with Crippen LogP contribution in [-0.2, 0) is 14.7 Å². The van der Waals surface area contributed by atoms with Crippen molar-refractivity contribution < 1.29 is 23.5 Å². The highest BCUT2D eigenvalue weighted by Crippen LogP contribution is 2.56. The molecule has 1 N–H and O–H groups in total. The first-order chi connectivity index (χ1) is 14.0. The minimum Gasteiger partial charge on any atom is -0.493 e. The van der Waals surface area contributed by atoms with Crippen molar-refractivity contribution in [3.8, 4) is 11.5 Å². The molecule has 0 fully saturated rings. The highest BCUT2D eigenvalue weighted by atomic mass is 31.2. The van der Waals surface area contributed by atoms with E-state index >= 15 is 0 Å². The average Bonchev–Trinajstić information content (AvgIpc) is 2.78. The van der Waals surface area contributed by atoms with Crippen molar-refractivity contribution in [2.75, 3.05) is 20.4 Å². The molecule has 5 nitrogen and oxygen atoms in total. The number of ether oxygens (including phenoxy) is 2. The topological polar surface area (TPSA) is 65.0 Å². The highest BCUT2D eigenvalue weighted by Gasteiger charge is 2.45. The van der Waals surface area contributed by atoms with E-state index in [1.807, 2.05) is 72.8 Å². The lowest BCUT2D eigenvalue weighted by molar-refractivity contribution is 0.129. The van der Waals surface area contributed by atoms with Gasteiger partial charge in [-0.3, -0.25) is 9.09 Å². The smallest absolute Gasteiger partial charge is 0.329 e. The zero-order valence-corrected chi connectivity index (χ0v) is 17.6. The summed E-state index contributed by atoms with van der Waals surface area (Å²) in [5.74, 6) is 0.952. The van der Waals surface area contributed by atoms with Gasteiger partial charge in [0.25, 0.3) is 0 Å². The standard InChI is InChI=1S/C23H25O5P/c1-4-29(24,25)28-23(18-12-7-5-8-13-18,19-14-9-6-10-15-19)20-16-11-17-21(26-2)22(20)27-3/h5-17H,4H2,1-3H3,(H,24,25). The molecule has 3 aromatic carbocycles. The molecule has 1 unspecified atom stereocenters. The predicted octanol–water partition coefficient (Wildman–Crippen LogP) is 5.22. The molecule has 1 atom stereocenters. The van der Waals surface area contributed by atoms with Crippen molar-refractivity contribution in [2.24, 2.45) is 0 Å². The molecule has 3 rings (SSSR count). The molecule has 0 saturated carbocycles. The summed E-state index contributed by atoms with van der Waals surface area (Å²) in [6.07, 6.45) is -0.0271. The fourth-order valence-corrected chi connectivity index (χ4v) is 4.29. The van der Waals surface area contributed by atoms with Gasteiger partial charge in [0.2, 0.25) is 0 Å². The van der Waals surface area contributed by atoms with Gasteiger partial charge in [0, 0.05) is 11.7 Å². The second kappa shape index (κ2) is 8.83. The molecule has 0 spiro atoms. The minimum absolute atomic E-state index is 0.0271. The van der Waals surface area contributed by atoms with Crippen molar-refractivity contribution in [1.82, 2.24) is 0 Å². The first kappa shape index (κ1) is 21.1. The Morgan fingerprint density at radius 1 is 0.828 bits per heavy atom. The quantitative estimate of drug-likeness (QED) is 0.406. The number of benzene rings is 3. The largest absolute Gasteiger partial charge is 0.493 e. The van der Waals surface area contributed by atoms with Crippen LogP contribution >= 0.6 is 7.60 Å². The van der Waals surface area contributed by atoms with Crippen LogP contribution in [0.3, 0.4) is 0 Å². The molecule has 29 heavy (non-hydrogen) atoms. The van der Waals surface area contributed by atoms with E-state index in [4.69, 9.17) is 14.0 Å². The molecule has 0 saturated heterocycles. The van der Waals surface area contributed by atoms with Crippen LogP contribution in [0, 0.1) is 0 Å². The molecule has 0 aliphatic rings. The Labute approximate surface area is 171 Å². The Morgan fingerprint density at radius 3 is 1.83 bits per heavy atom. The lowest BCUT2D eigenvalue weighted by Gasteiger charge is -2.37. The van der Waals surface area contributed by atoms with Gasteiger partial charge in [0.05, 0.1) is 14.2 Å². The third-order valence-corrected chi connectivity index (χ3v) is 6.18. The molecule has 0 radical (unpaired) electrons. The van der Waals surface area contributed by atoms with Gasteiger partial charge in [0.1, 0.15) is 0 Å². The van der Waals surface area contributed by atoms with Crippen LogP contribution in [-0.4, -0.2) is 25.3 Å². The van der Waals surface area contributed by atoms with Crippen LogP contribution < -0.4 is 9.47 Å². The van der Waals surface area contributed by atoms with E-state index in [1.54, 1.807) is 27.2 Å². The van der Waals surface area contributed by atoms with Crippen molar-refractivity contribution >= 4 is 7.60 Å². The Hall–Kier alpha value is -2.59. The average molecular weight is 412 g/mol. The third kappa shape index (κ3) is 4.08. The van der Waals surface area contributed by atoms with Crippen LogP contribution in [0.15, 0.2) is 78.9 Å². The van der Waals surface area contributed by atoms with Gasteiger partial charge in [-0.25, -0.2) is 0 Å². The lowest BCUT2D eigenvalue weighted by Crippen LogP contribution is -2.32. The molecule has 3 aromatic rings. The first-order valence-corrected chi connectivity index (χ1v) is 11.1. The summed E-state index contributed by atoms with van der Waals surface area (Å²) in [4.78, 5) is 10.6. The van der Waals surface area contributed by atoms with Gasteiger partial charge in [-0.05, 0) is 17.2 Å². The number of hydrogen-bond acceptors (Lipinski definition) is 4. The molecule has 0 aliphatic heterocycles. The Morgan fingerprint density at radius 2 is 1.38 bits per heavy atom. The molecule has 0 bridgehead atoms. The summed E-state index contributed by atoms with van der Waals surface area (Å²) in [5, 5.41) is 0. The van der Waals surface area contributed by atoms with E-state index in [2.05, 4.69) is 0 Å². The van der Waals surface area contributed by atoms with Gasteiger partial charge in [-0.2, -0.15) is 0 Å². The maximum atomic E-state index is 12.9. The van der Waals surface area contributed by atoms with Crippen LogP contribution in [0.1, 0.15) is 23.6 Å². The maximum absolute atomic E-state index is 12.9. The van der Waals surface area contributed by atoms with Gasteiger partial charge in [-0.15, -0.1) is 0 Å². The number of hydrogen-bond donors (Lipinski definition) is 1. The summed E-state index contributed by atoms with van der Waals surface area (Å²) in [7, 11) is -0.846. The molecular weight excluding hydrogens is 387 g/mol. The van der Waals surface area contributed by atoms with E-state index in [0.717, 1.165) is 0 Å². The second-order valence-electron chi connectivity index (χ2n) is 6.50. The van der Waals surface area contributed by atoms with Crippen LogP contribution in [0.4, 0.5) is 0 Å². The van der Waals surface area contributed by atoms with Gasteiger partial charge < -0.3 is 14.4 Å². The van der Waals surface area contributed by atoms with Crippen molar-refractivity contribution in [3.63, 3.8) is 0 Å². The Kier molecular flexibility index (Phi) is 6.43. The fraction of sp³-hybridized carbons (Fsp3) is 0.217. The number of rotatable bonds is 8. The van der Waals surface area contributed by atoms with E-state index in [-0.39, 0.29) is 6.16 Å². The molecular formula is C23H25O5P. The molecule has 0 aliphatic carbocycles. The van der Waals surface area contributed by atoms with Crippen LogP contribution in [0.5, 0.6) is 11.5 Å². The monoisotopic (exact) mass is 412 g/mol. The molecule has 6 heteroatoms. The van der Waals surface area contributed by atoms with Gasteiger partial charge in [0.15, 0.2) is 17.1 Å². The molecule has 0 heterocycles. The predicted molar refractivity (Wildman–Crippen MR) is 114 cm³/mol. The maximum Gasteiger partial charge on any atom is 0.329 e. The fourth-order valence-electron chi connectivity index (χ4n) is 3.42. The number of methoxy groups -OCH3 is 2. The van der Waals surface area contributed by atoms with Gasteiger partial charge in [-0.1, -0.05) is 79.7 Å². The van der Waals surface area contributed by atoms with E-state index < -0.39 is 13.2 Å². The van der Waals surface area contributed by atoms with E-state index in [0.29, 0.717) is 28.2 Å². The number of para-hydroxylation sites is 1. The molecule has 152 valence electrons. The second-order valence-corrected chi connectivity index (χ2v) is 8.59. The third-order valence-electron chi connectivity index (χ3n) is 4.82. The zero-order valence-electron chi connectivity index (χ0n) is 16.7. The normalized spacial score (nSPS) is 13.5. The zero-order chi connectivity index (χ0) is 20.9. The first-order valence-electron chi connectivity index (χ1n) is 9.33. The van der Waals surface area contributed by atoms with E-state index in [1.165, 1.54) is 0 Å². The molecule has 0 aromatic heterocycles. The Balaban J connectivity index is 2.45. The summed E-state index contributed by atoms with van der Waals surface area (Å²) < 4.78 is 30.3. The van der Waals surface area contributed by atoms with E-state index in [9.17, 15) is 9.46 Å². The Bertz CT molecular complexity index is 949. The van der Waals surface area contributed by atoms with Gasteiger partial charge >= 0.3 is 7.60 Å².